The maximum atomic E-state index is 11.3. The smallest absolute Gasteiger partial charge is 0.338 e. The first kappa shape index (κ1) is 14.5. The number of carbonyl (C=O) groups is 1. The van der Waals surface area contributed by atoms with E-state index in [1.165, 1.54) is 18.2 Å². The maximum absolute atomic E-state index is 11.3. The molecule has 2 rings (SSSR count). The van der Waals surface area contributed by atoms with Crippen LogP contribution in [0, 0.1) is 10.1 Å². The second-order valence-electron chi connectivity index (χ2n) is 4.54. The van der Waals surface area contributed by atoms with Crippen molar-refractivity contribution in [1.82, 2.24) is 0 Å². The van der Waals surface area contributed by atoms with Gasteiger partial charge in [-0.15, -0.1) is 0 Å². The number of nitrogens with one attached hydrogen (secondary N) is 1. The lowest BCUT2D eigenvalue weighted by Gasteiger charge is -2.17. The summed E-state index contributed by atoms with van der Waals surface area (Å²) in [6.45, 7) is 1.82. The predicted octanol–water partition coefficient (Wildman–Crippen LogP) is 3.47. The Morgan fingerprint density at radius 1 is 1.19 bits per heavy atom. The van der Waals surface area contributed by atoms with Gasteiger partial charge in [0.1, 0.15) is 5.69 Å². The van der Waals surface area contributed by atoms with E-state index in [-0.39, 0.29) is 23.0 Å². The molecule has 0 fully saturated rings. The molecule has 2 N–H and O–H groups in total. The number of anilines is 1. The lowest BCUT2D eigenvalue weighted by atomic mass is 10.1. The number of aromatic carboxylic acids is 1. The zero-order valence-corrected chi connectivity index (χ0v) is 11.3. The van der Waals surface area contributed by atoms with Gasteiger partial charge in [0.25, 0.3) is 5.69 Å². The van der Waals surface area contributed by atoms with E-state index in [0.29, 0.717) is 0 Å². The van der Waals surface area contributed by atoms with Gasteiger partial charge in [0.2, 0.25) is 0 Å². The second kappa shape index (κ2) is 6.04. The number of hydrogen-bond acceptors (Lipinski definition) is 4. The van der Waals surface area contributed by atoms with E-state index < -0.39 is 10.9 Å². The highest BCUT2D eigenvalue weighted by Crippen LogP contribution is 2.31. The number of carboxylic acids is 1. The molecular weight excluding hydrogens is 272 g/mol. The summed E-state index contributed by atoms with van der Waals surface area (Å²) >= 11 is 0. The van der Waals surface area contributed by atoms with Crippen LogP contribution in [0.25, 0.3) is 0 Å². The van der Waals surface area contributed by atoms with Crippen molar-refractivity contribution in [2.45, 2.75) is 13.0 Å². The molecule has 0 saturated heterocycles. The van der Waals surface area contributed by atoms with E-state index in [1.54, 1.807) is 0 Å². The number of nitro groups is 1. The Balaban J connectivity index is 2.42. The summed E-state index contributed by atoms with van der Waals surface area (Å²) in [4.78, 5) is 21.7. The van der Waals surface area contributed by atoms with Crippen molar-refractivity contribution < 1.29 is 14.8 Å². The van der Waals surface area contributed by atoms with Gasteiger partial charge in [-0.25, -0.2) is 4.79 Å². The van der Waals surface area contributed by atoms with E-state index >= 15 is 0 Å². The lowest BCUT2D eigenvalue weighted by molar-refractivity contribution is -0.384. The fourth-order valence-corrected chi connectivity index (χ4v) is 2.06. The second-order valence-corrected chi connectivity index (χ2v) is 4.54. The maximum Gasteiger partial charge on any atom is 0.338 e. The van der Waals surface area contributed by atoms with Crippen molar-refractivity contribution in [1.29, 1.82) is 0 Å². The van der Waals surface area contributed by atoms with Crippen LogP contribution in [0.1, 0.15) is 28.9 Å². The van der Waals surface area contributed by atoms with Crippen LogP contribution in [0.5, 0.6) is 0 Å². The first-order valence-electron chi connectivity index (χ1n) is 6.33. The molecule has 0 aliphatic heterocycles. The predicted molar refractivity (Wildman–Crippen MR) is 78.5 cm³/mol. The molecule has 6 nitrogen and oxygen atoms in total. The third kappa shape index (κ3) is 3.17. The van der Waals surface area contributed by atoms with Crippen molar-refractivity contribution in [3.8, 4) is 0 Å². The highest BCUT2D eigenvalue weighted by atomic mass is 16.6. The summed E-state index contributed by atoms with van der Waals surface area (Å²) in [7, 11) is 0. The molecule has 0 saturated carbocycles. The summed E-state index contributed by atoms with van der Waals surface area (Å²) < 4.78 is 0. The van der Waals surface area contributed by atoms with Crippen LogP contribution in [0.3, 0.4) is 0 Å². The SMILES string of the molecule is CC(Nc1c(C(=O)O)cccc1[N+](=O)[O-])c1ccccc1. The normalized spacial score (nSPS) is 11.7. The molecule has 0 amide bonds. The highest BCUT2D eigenvalue weighted by molar-refractivity contribution is 5.96. The zero-order valence-electron chi connectivity index (χ0n) is 11.3. The number of hydrogen-bond donors (Lipinski definition) is 2. The molecule has 0 bridgehead atoms. The first-order chi connectivity index (χ1) is 10.0. The highest BCUT2D eigenvalue weighted by Gasteiger charge is 2.22. The largest absolute Gasteiger partial charge is 0.478 e. The van der Waals surface area contributed by atoms with Gasteiger partial charge < -0.3 is 10.4 Å². The average molecular weight is 286 g/mol. The van der Waals surface area contributed by atoms with E-state index in [1.807, 2.05) is 37.3 Å². The monoisotopic (exact) mass is 286 g/mol. The topological polar surface area (TPSA) is 92.5 Å². The minimum atomic E-state index is -1.21. The minimum Gasteiger partial charge on any atom is -0.478 e. The van der Waals surface area contributed by atoms with Crippen LogP contribution >= 0.6 is 0 Å². The van der Waals surface area contributed by atoms with Crippen LogP contribution < -0.4 is 5.32 Å². The van der Waals surface area contributed by atoms with Crippen molar-refractivity contribution in [3.05, 3.63) is 69.8 Å². The third-order valence-electron chi connectivity index (χ3n) is 3.13. The van der Waals surface area contributed by atoms with Gasteiger partial charge in [-0.2, -0.15) is 0 Å². The molecule has 2 aromatic carbocycles. The molecule has 0 aliphatic rings. The Kier molecular flexibility index (Phi) is 4.18. The van der Waals surface area contributed by atoms with E-state index in [4.69, 9.17) is 0 Å². The number of para-hydroxylation sites is 1. The third-order valence-corrected chi connectivity index (χ3v) is 3.13. The minimum absolute atomic E-state index is 0.0198. The summed E-state index contributed by atoms with van der Waals surface area (Å²) in [6.07, 6.45) is 0. The van der Waals surface area contributed by atoms with Gasteiger partial charge in [0.05, 0.1) is 10.5 Å². The van der Waals surface area contributed by atoms with Crippen LogP contribution in [0.4, 0.5) is 11.4 Å². The fourth-order valence-electron chi connectivity index (χ4n) is 2.06. The Labute approximate surface area is 121 Å². The molecule has 1 unspecified atom stereocenters. The van der Waals surface area contributed by atoms with Gasteiger partial charge in [0.15, 0.2) is 0 Å². The molecule has 6 heteroatoms. The van der Waals surface area contributed by atoms with E-state index in [0.717, 1.165) is 5.56 Å². The molecule has 108 valence electrons. The lowest BCUT2D eigenvalue weighted by Crippen LogP contribution is -2.12. The molecule has 2 aromatic rings. The number of nitro benzene ring substituents is 1. The van der Waals surface area contributed by atoms with E-state index in [2.05, 4.69) is 5.32 Å². The van der Waals surface area contributed by atoms with E-state index in [9.17, 15) is 20.0 Å². The molecule has 0 heterocycles. The van der Waals surface area contributed by atoms with Gasteiger partial charge in [-0.05, 0) is 18.6 Å². The Morgan fingerprint density at radius 2 is 1.86 bits per heavy atom. The van der Waals surface area contributed by atoms with Crippen LogP contribution in [0.15, 0.2) is 48.5 Å². The summed E-state index contributed by atoms with van der Waals surface area (Å²) in [5, 5.41) is 23.2. The average Bonchev–Trinajstić information content (AvgIpc) is 2.47. The molecule has 21 heavy (non-hydrogen) atoms. The number of rotatable bonds is 5. The number of benzene rings is 2. The first-order valence-corrected chi connectivity index (χ1v) is 6.33. The molecule has 1 atom stereocenters. The summed E-state index contributed by atoms with van der Waals surface area (Å²) in [5.74, 6) is -1.21. The summed E-state index contributed by atoms with van der Waals surface area (Å²) in [6, 6.07) is 13.0. The Bertz CT molecular complexity index is 638. The van der Waals surface area contributed by atoms with Crippen molar-refractivity contribution >= 4 is 17.3 Å². The molecule has 0 radical (unpaired) electrons. The number of carboxylic acid groups (broad SMARTS) is 1. The van der Waals surface area contributed by atoms with Crippen LogP contribution in [0.2, 0.25) is 0 Å². The van der Waals surface area contributed by atoms with Crippen LogP contribution in [-0.2, 0) is 0 Å². The molecular formula is C15H14N2O4. The fraction of sp³-hybridized carbons (Fsp3) is 0.133. The Morgan fingerprint density at radius 3 is 2.43 bits per heavy atom. The van der Waals surface area contributed by atoms with Crippen molar-refractivity contribution in [2.75, 3.05) is 5.32 Å². The van der Waals surface area contributed by atoms with Crippen molar-refractivity contribution in [2.24, 2.45) is 0 Å². The van der Waals surface area contributed by atoms with Crippen LogP contribution in [-0.4, -0.2) is 16.0 Å². The van der Waals surface area contributed by atoms with Gasteiger partial charge in [0, 0.05) is 12.1 Å². The Hall–Kier alpha value is -2.89. The zero-order chi connectivity index (χ0) is 15.4. The van der Waals surface area contributed by atoms with Gasteiger partial charge >= 0.3 is 5.97 Å². The number of nitrogens with zero attached hydrogens (tertiary/aromatic N) is 1. The summed E-state index contributed by atoms with van der Waals surface area (Å²) in [5.41, 5.74) is 0.558. The standard InChI is InChI=1S/C15H14N2O4/c1-10(11-6-3-2-4-7-11)16-14-12(15(18)19)8-5-9-13(14)17(20)21/h2-10,16H,1H3,(H,18,19). The molecule has 0 spiro atoms. The quantitative estimate of drug-likeness (QED) is 0.648. The van der Waals surface area contributed by atoms with Gasteiger partial charge in [-0.1, -0.05) is 36.4 Å². The van der Waals surface area contributed by atoms with Crippen molar-refractivity contribution in [3.63, 3.8) is 0 Å². The van der Waals surface area contributed by atoms with Gasteiger partial charge in [-0.3, -0.25) is 10.1 Å². The molecule has 0 aliphatic carbocycles. The molecule has 0 aromatic heterocycles.